The summed E-state index contributed by atoms with van der Waals surface area (Å²) in [5.74, 6) is 1.07. The standard InChI is InChI=1S/C19H24N6O/c1-3-6-17-21-15-7-5-10-20-18(15)25(17)14-8-11-23(13-14)19(26)16-9-12-24(4-2)22-16/h5,7,9-10,12,14H,3-4,6,8,11,13H2,1-2H3. The van der Waals surface area contributed by atoms with E-state index in [2.05, 4.69) is 21.6 Å². The molecule has 0 spiro atoms. The van der Waals surface area contributed by atoms with E-state index in [1.54, 1.807) is 10.7 Å². The maximum Gasteiger partial charge on any atom is 0.274 e. The van der Waals surface area contributed by atoms with Crippen molar-refractivity contribution in [1.82, 2.24) is 29.2 Å². The van der Waals surface area contributed by atoms with Gasteiger partial charge < -0.3 is 9.47 Å². The molecule has 3 aromatic rings. The lowest BCUT2D eigenvalue weighted by molar-refractivity contribution is 0.0781. The van der Waals surface area contributed by atoms with Crippen LogP contribution in [0.25, 0.3) is 11.2 Å². The summed E-state index contributed by atoms with van der Waals surface area (Å²) in [5, 5.41) is 4.35. The molecule has 26 heavy (non-hydrogen) atoms. The Labute approximate surface area is 152 Å². The third-order valence-corrected chi connectivity index (χ3v) is 4.99. The molecule has 1 unspecified atom stereocenters. The number of aryl methyl sites for hydroxylation is 2. The highest BCUT2D eigenvalue weighted by atomic mass is 16.2. The van der Waals surface area contributed by atoms with Crippen molar-refractivity contribution in [2.24, 2.45) is 0 Å². The van der Waals surface area contributed by atoms with Gasteiger partial charge in [0.25, 0.3) is 5.91 Å². The average Bonchev–Trinajstić information content (AvgIpc) is 3.38. The van der Waals surface area contributed by atoms with Crippen molar-refractivity contribution in [3.05, 3.63) is 42.1 Å². The van der Waals surface area contributed by atoms with Crippen molar-refractivity contribution in [3.8, 4) is 0 Å². The van der Waals surface area contributed by atoms with Crippen LogP contribution in [-0.2, 0) is 13.0 Å². The van der Waals surface area contributed by atoms with Crippen LogP contribution in [0.2, 0.25) is 0 Å². The van der Waals surface area contributed by atoms with Gasteiger partial charge in [0.1, 0.15) is 17.0 Å². The molecule has 4 rings (SSSR count). The minimum atomic E-state index is 0.00845. The van der Waals surface area contributed by atoms with Gasteiger partial charge in [-0.3, -0.25) is 9.48 Å². The predicted octanol–water partition coefficient (Wildman–Crippen LogP) is 2.69. The van der Waals surface area contributed by atoms with Crippen LogP contribution >= 0.6 is 0 Å². The number of likely N-dealkylation sites (tertiary alicyclic amines) is 1. The smallest absolute Gasteiger partial charge is 0.274 e. The fraction of sp³-hybridized carbons (Fsp3) is 0.474. The highest BCUT2D eigenvalue weighted by Crippen LogP contribution is 2.28. The van der Waals surface area contributed by atoms with Gasteiger partial charge in [0.2, 0.25) is 0 Å². The summed E-state index contributed by atoms with van der Waals surface area (Å²) >= 11 is 0. The molecule has 136 valence electrons. The highest BCUT2D eigenvalue weighted by molar-refractivity contribution is 5.92. The normalized spacial score (nSPS) is 17.3. The van der Waals surface area contributed by atoms with Gasteiger partial charge in [0, 0.05) is 38.4 Å². The maximum absolute atomic E-state index is 12.8. The monoisotopic (exact) mass is 352 g/mol. The van der Waals surface area contributed by atoms with Crippen molar-refractivity contribution in [3.63, 3.8) is 0 Å². The first-order valence-electron chi connectivity index (χ1n) is 9.35. The van der Waals surface area contributed by atoms with E-state index in [-0.39, 0.29) is 11.9 Å². The molecule has 1 aliphatic heterocycles. The first-order valence-corrected chi connectivity index (χ1v) is 9.35. The molecular formula is C19H24N6O. The zero-order valence-corrected chi connectivity index (χ0v) is 15.3. The summed E-state index contributed by atoms with van der Waals surface area (Å²) in [7, 11) is 0. The van der Waals surface area contributed by atoms with Gasteiger partial charge in [-0.05, 0) is 38.0 Å². The van der Waals surface area contributed by atoms with Crippen molar-refractivity contribution in [2.75, 3.05) is 13.1 Å². The highest BCUT2D eigenvalue weighted by Gasteiger charge is 2.31. The molecule has 1 aliphatic rings. The van der Waals surface area contributed by atoms with Crippen LogP contribution in [0.4, 0.5) is 0 Å². The number of carbonyl (C=O) groups is 1. The van der Waals surface area contributed by atoms with Crippen LogP contribution < -0.4 is 0 Å². The van der Waals surface area contributed by atoms with Crippen LogP contribution in [0.1, 0.15) is 49.0 Å². The van der Waals surface area contributed by atoms with Crippen LogP contribution in [0.5, 0.6) is 0 Å². The molecule has 3 aromatic heterocycles. The molecule has 0 N–H and O–H groups in total. The van der Waals surface area contributed by atoms with Gasteiger partial charge >= 0.3 is 0 Å². The van der Waals surface area contributed by atoms with E-state index in [1.165, 1.54) is 0 Å². The molecular weight excluding hydrogens is 328 g/mol. The second-order valence-electron chi connectivity index (χ2n) is 6.74. The Morgan fingerprint density at radius 3 is 2.96 bits per heavy atom. The first kappa shape index (κ1) is 16.8. The SMILES string of the molecule is CCCc1nc2cccnc2n1C1CCN(C(=O)c2ccn(CC)n2)C1. The van der Waals surface area contributed by atoms with Gasteiger partial charge in [0.05, 0.1) is 6.04 Å². The fourth-order valence-electron chi connectivity index (χ4n) is 3.71. The van der Waals surface area contributed by atoms with E-state index in [9.17, 15) is 4.79 Å². The molecule has 0 radical (unpaired) electrons. The molecule has 1 amide bonds. The number of hydrogen-bond acceptors (Lipinski definition) is 4. The lowest BCUT2D eigenvalue weighted by Gasteiger charge is -2.18. The number of pyridine rings is 1. The third kappa shape index (κ3) is 2.87. The summed E-state index contributed by atoms with van der Waals surface area (Å²) in [4.78, 5) is 24.0. The van der Waals surface area contributed by atoms with Gasteiger partial charge in [-0.25, -0.2) is 9.97 Å². The maximum atomic E-state index is 12.8. The van der Waals surface area contributed by atoms with Gasteiger partial charge in [0.15, 0.2) is 5.65 Å². The molecule has 0 saturated carbocycles. The number of aromatic nitrogens is 5. The molecule has 1 fully saturated rings. The zero-order chi connectivity index (χ0) is 18.1. The summed E-state index contributed by atoms with van der Waals surface area (Å²) in [5.41, 5.74) is 2.38. The van der Waals surface area contributed by atoms with Crippen molar-refractivity contribution >= 4 is 17.1 Å². The lowest BCUT2D eigenvalue weighted by atomic mass is 10.2. The fourth-order valence-corrected chi connectivity index (χ4v) is 3.71. The summed E-state index contributed by atoms with van der Waals surface area (Å²) in [6.45, 7) is 6.35. The number of imidazole rings is 1. The Morgan fingerprint density at radius 1 is 1.31 bits per heavy atom. The number of rotatable bonds is 5. The number of fused-ring (bicyclic) bond motifs is 1. The third-order valence-electron chi connectivity index (χ3n) is 4.99. The quantitative estimate of drug-likeness (QED) is 0.708. The Kier molecular flexibility index (Phi) is 4.44. The second kappa shape index (κ2) is 6.90. The predicted molar refractivity (Wildman–Crippen MR) is 99.0 cm³/mol. The molecule has 0 aliphatic carbocycles. The van der Waals surface area contributed by atoms with Crippen LogP contribution in [-0.4, -0.2) is 48.2 Å². The average molecular weight is 352 g/mol. The number of nitrogens with zero attached hydrogens (tertiary/aromatic N) is 6. The lowest BCUT2D eigenvalue weighted by Crippen LogP contribution is -2.29. The minimum Gasteiger partial charge on any atom is -0.335 e. The molecule has 0 bridgehead atoms. The van der Waals surface area contributed by atoms with Gasteiger partial charge in [-0.15, -0.1) is 0 Å². The molecule has 1 atom stereocenters. The zero-order valence-electron chi connectivity index (χ0n) is 15.3. The molecule has 1 saturated heterocycles. The van der Waals surface area contributed by atoms with E-state index in [4.69, 9.17) is 4.98 Å². The Morgan fingerprint density at radius 2 is 2.19 bits per heavy atom. The summed E-state index contributed by atoms with van der Waals surface area (Å²) in [6.07, 6.45) is 6.53. The molecule has 7 heteroatoms. The van der Waals surface area contributed by atoms with Crippen molar-refractivity contribution in [2.45, 2.75) is 45.7 Å². The van der Waals surface area contributed by atoms with Gasteiger partial charge in [-0.1, -0.05) is 6.92 Å². The van der Waals surface area contributed by atoms with Crippen LogP contribution in [0.3, 0.4) is 0 Å². The number of amides is 1. The summed E-state index contributed by atoms with van der Waals surface area (Å²) in [6, 6.07) is 5.95. The molecule has 4 heterocycles. The van der Waals surface area contributed by atoms with E-state index in [1.807, 2.05) is 36.4 Å². The van der Waals surface area contributed by atoms with E-state index in [0.29, 0.717) is 12.2 Å². The first-order chi connectivity index (χ1) is 12.7. The Balaban J connectivity index is 1.59. The van der Waals surface area contributed by atoms with Crippen LogP contribution in [0, 0.1) is 0 Å². The number of hydrogen-bond donors (Lipinski definition) is 0. The topological polar surface area (TPSA) is 68.8 Å². The van der Waals surface area contributed by atoms with Gasteiger partial charge in [-0.2, -0.15) is 5.10 Å². The molecule has 7 nitrogen and oxygen atoms in total. The summed E-state index contributed by atoms with van der Waals surface area (Å²) < 4.78 is 4.03. The molecule has 0 aromatic carbocycles. The van der Waals surface area contributed by atoms with Crippen molar-refractivity contribution < 1.29 is 4.79 Å². The minimum absolute atomic E-state index is 0.00845. The van der Waals surface area contributed by atoms with E-state index >= 15 is 0 Å². The van der Waals surface area contributed by atoms with E-state index < -0.39 is 0 Å². The van der Waals surface area contributed by atoms with Crippen molar-refractivity contribution in [1.29, 1.82) is 0 Å². The largest absolute Gasteiger partial charge is 0.335 e. The Bertz CT molecular complexity index is 927. The van der Waals surface area contributed by atoms with E-state index in [0.717, 1.165) is 49.3 Å². The Hall–Kier alpha value is -2.70. The van der Waals surface area contributed by atoms with Crippen LogP contribution in [0.15, 0.2) is 30.6 Å². The second-order valence-corrected chi connectivity index (χ2v) is 6.74. The number of carbonyl (C=O) groups excluding carboxylic acids is 1.